The molecule has 0 bridgehead atoms. The molecule has 0 fully saturated rings. The molecule has 0 aliphatic rings. The van der Waals surface area contributed by atoms with Crippen LogP contribution in [-0.2, 0) is 0 Å². The van der Waals surface area contributed by atoms with Gasteiger partial charge < -0.3 is 11.5 Å². The lowest BCUT2D eigenvalue weighted by Crippen LogP contribution is -2.09. The van der Waals surface area contributed by atoms with Crippen LogP contribution in [0.2, 0.25) is 0 Å². The van der Waals surface area contributed by atoms with Crippen LogP contribution >= 0.6 is 11.8 Å². The number of nitrogens with two attached hydrogens (primary N) is 2. The van der Waals surface area contributed by atoms with E-state index in [4.69, 9.17) is 11.5 Å². The Kier molecular flexibility index (Phi) is 6.11. The topological polar surface area (TPSA) is 77.8 Å². The number of anilines is 2. The molecular formula is C12H22N4S. The highest BCUT2D eigenvalue weighted by atomic mass is 32.2. The SMILES string of the molecule is CCCCC(CCSC)c1cnc(N)nc1N. The molecule has 5 heteroatoms. The predicted octanol–water partition coefficient (Wildman–Crippen LogP) is 2.67. The third-order valence-electron chi connectivity index (χ3n) is 2.88. The molecule has 17 heavy (non-hydrogen) atoms. The monoisotopic (exact) mass is 254 g/mol. The van der Waals surface area contributed by atoms with E-state index in [1.165, 1.54) is 12.8 Å². The van der Waals surface area contributed by atoms with E-state index in [0.29, 0.717) is 11.7 Å². The minimum atomic E-state index is 0.255. The molecular weight excluding hydrogens is 232 g/mol. The van der Waals surface area contributed by atoms with Crippen LogP contribution in [0.1, 0.15) is 44.1 Å². The largest absolute Gasteiger partial charge is 0.383 e. The molecule has 1 unspecified atom stereocenters. The Morgan fingerprint density at radius 2 is 2.12 bits per heavy atom. The van der Waals surface area contributed by atoms with Gasteiger partial charge in [-0.15, -0.1) is 0 Å². The van der Waals surface area contributed by atoms with Gasteiger partial charge in [0, 0.05) is 11.8 Å². The molecule has 0 aromatic carbocycles. The van der Waals surface area contributed by atoms with E-state index in [1.54, 1.807) is 6.20 Å². The zero-order valence-corrected chi connectivity index (χ0v) is 11.5. The van der Waals surface area contributed by atoms with Gasteiger partial charge >= 0.3 is 0 Å². The number of rotatable bonds is 7. The van der Waals surface area contributed by atoms with Gasteiger partial charge in [0.1, 0.15) is 5.82 Å². The number of unbranched alkanes of at least 4 members (excludes halogenated alkanes) is 1. The lowest BCUT2D eigenvalue weighted by atomic mass is 9.92. The van der Waals surface area contributed by atoms with E-state index >= 15 is 0 Å². The van der Waals surface area contributed by atoms with Crippen molar-refractivity contribution in [1.82, 2.24) is 9.97 Å². The highest BCUT2D eigenvalue weighted by Gasteiger charge is 2.15. The summed E-state index contributed by atoms with van der Waals surface area (Å²) >= 11 is 1.86. The third kappa shape index (κ3) is 4.42. The summed E-state index contributed by atoms with van der Waals surface area (Å²) in [5.74, 6) is 2.39. The number of nitrogen functional groups attached to an aromatic ring is 2. The fraction of sp³-hybridized carbons (Fsp3) is 0.667. The molecule has 0 amide bonds. The minimum absolute atomic E-state index is 0.255. The van der Waals surface area contributed by atoms with E-state index in [9.17, 15) is 0 Å². The van der Waals surface area contributed by atoms with Gasteiger partial charge in [-0.05, 0) is 30.8 Å². The average Bonchev–Trinajstić information content (AvgIpc) is 2.30. The quantitative estimate of drug-likeness (QED) is 0.782. The summed E-state index contributed by atoms with van der Waals surface area (Å²) in [6.45, 7) is 2.20. The molecule has 1 aromatic rings. The van der Waals surface area contributed by atoms with Gasteiger partial charge in [-0.25, -0.2) is 4.98 Å². The molecule has 0 saturated heterocycles. The Labute approximate surface area is 108 Å². The first-order valence-corrected chi connectivity index (χ1v) is 7.45. The van der Waals surface area contributed by atoms with Crippen LogP contribution in [0, 0.1) is 0 Å². The number of hydrogen-bond acceptors (Lipinski definition) is 5. The molecule has 1 heterocycles. The first-order chi connectivity index (χ1) is 8.19. The molecule has 0 aliphatic heterocycles. The molecule has 1 rings (SSSR count). The summed E-state index contributed by atoms with van der Waals surface area (Å²) in [4.78, 5) is 8.11. The van der Waals surface area contributed by atoms with E-state index in [-0.39, 0.29) is 5.95 Å². The Hall–Kier alpha value is -0.970. The first-order valence-electron chi connectivity index (χ1n) is 6.05. The standard InChI is InChI=1S/C12H22N4S/c1-3-4-5-9(6-7-17-2)10-8-15-12(14)16-11(10)13/h8-9H,3-7H2,1-2H3,(H4,13,14,15,16). The lowest BCUT2D eigenvalue weighted by molar-refractivity contribution is 0.572. The summed E-state index contributed by atoms with van der Waals surface area (Å²) < 4.78 is 0. The fourth-order valence-electron chi connectivity index (χ4n) is 1.90. The summed E-state index contributed by atoms with van der Waals surface area (Å²) in [6, 6.07) is 0. The van der Waals surface area contributed by atoms with Crippen molar-refractivity contribution in [3.8, 4) is 0 Å². The Balaban J connectivity index is 2.79. The smallest absolute Gasteiger partial charge is 0.221 e. The van der Waals surface area contributed by atoms with Gasteiger partial charge in [-0.3, -0.25) is 0 Å². The van der Waals surface area contributed by atoms with Crippen LogP contribution in [0.25, 0.3) is 0 Å². The summed E-state index contributed by atoms with van der Waals surface area (Å²) in [7, 11) is 0. The van der Waals surface area contributed by atoms with Crippen molar-refractivity contribution in [1.29, 1.82) is 0 Å². The van der Waals surface area contributed by atoms with Crippen LogP contribution in [-0.4, -0.2) is 22.0 Å². The molecule has 0 aliphatic carbocycles. The van der Waals surface area contributed by atoms with Crippen molar-refractivity contribution < 1.29 is 0 Å². The number of nitrogens with zero attached hydrogens (tertiary/aromatic N) is 2. The molecule has 96 valence electrons. The van der Waals surface area contributed by atoms with Gasteiger partial charge in [-0.1, -0.05) is 19.8 Å². The molecule has 1 atom stereocenters. The van der Waals surface area contributed by atoms with E-state index in [0.717, 1.165) is 24.2 Å². The second-order valence-corrected chi connectivity index (χ2v) is 5.18. The Morgan fingerprint density at radius 3 is 2.71 bits per heavy atom. The maximum absolute atomic E-state index is 5.93. The van der Waals surface area contributed by atoms with Crippen molar-refractivity contribution >= 4 is 23.5 Å². The first kappa shape index (κ1) is 14.1. The average molecular weight is 254 g/mol. The second kappa shape index (κ2) is 7.37. The Bertz CT molecular complexity index is 335. The molecule has 0 radical (unpaired) electrons. The van der Waals surface area contributed by atoms with E-state index in [2.05, 4.69) is 23.1 Å². The van der Waals surface area contributed by atoms with Crippen LogP contribution in [0.15, 0.2) is 6.20 Å². The molecule has 1 aromatic heterocycles. The number of hydrogen-bond donors (Lipinski definition) is 2. The second-order valence-electron chi connectivity index (χ2n) is 4.19. The van der Waals surface area contributed by atoms with Gasteiger partial charge in [0.15, 0.2) is 0 Å². The van der Waals surface area contributed by atoms with Gasteiger partial charge in [0.25, 0.3) is 0 Å². The van der Waals surface area contributed by atoms with E-state index < -0.39 is 0 Å². The molecule has 0 saturated carbocycles. The fourth-order valence-corrected chi connectivity index (χ4v) is 2.42. The third-order valence-corrected chi connectivity index (χ3v) is 3.53. The van der Waals surface area contributed by atoms with Crippen LogP contribution in [0.3, 0.4) is 0 Å². The van der Waals surface area contributed by atoms with Gasteiger partial charge in [0.2, 0.25) is 5.95 Å². The number of aromatic nitrogens is 2. The predicted molar refractivity (Wildman–Crippen MR) is 76.1 cm³/mol. The molecule has 0 spiro atoms. The van der Waals surface area contributed by atoms with Crippen molar-refractivity contribution in [2.75, 3.05) is 23.5 Å². The van der Waals surface area contributed by atoms with Crippen molar-refractivity contribution in [2.24, 2.45) is 0 Å². The maximum Gasteiger partial charge on any atom is 0.221 e. The highest BCUT2D eigenvalue weighted by molar-refractivity contribution is 7.98. The van der Waals surface area contributed by atoms with Crippen LogP contribution in [0.4, 0.5) is 11.8 Å². The Morgan fingerprint density at radius 1 is 1.35 bits per heavy atom. The molecule has 4 N–H and O–H groups in total. The maximum atomic E-state index is 5.93. The normalized spacial score (nSPS) is 12.6. The zero-order valence-electron chi connectivity index (χ0n) is 10.6. The van der Waals surface area contributed by atoms with Crippen molar-refractivity contribution in [3.05, 3.63) is 11.8 Å². The van der Waals surface area contributed by atoms with Crippen LogP contribution in [0.5, 0.6) is 0 Å². The summed E-state index contributed by atoms with van der Waals surface area (Å²) in [6.07, 6.45) is 8.60. The zero-order chi connectivity index (χ0) is 12.7. The summed E-state index contributed by atoms with van der Waals surface area (Å²) in [5, 5.41) is 0. The molecule has 4 nitrogen and oxygen atoms in total. The van der Waals surface area contributed by atoms with Gasteiger partial charge in [0.05, 0.1) is 0 Å². The van der Waals surface area contributed by atoms with Crippen molar-refractivity contribution in [3.63, 3.8) is 0 Å². The van der Waals surface area contributed by atoms with Gasteiger partial charge in [-0.2, -0.15) is 16.7 Å². The number of thioether (sulfide) groups is 1. The summed E-state index contributed by atoms with van der Waals surface area (Å²) in [5.41, 5.74) is 12.5. The highest BCUT2D eigenvalue weighted by Crippen LogP contribution is 2.29. The van der Waals surface area contributed by atoms with Crippen molar-refractivity contribution in [2.45, 2.75) is 38.5 Å². The van der Waals surface area contributed by atoms with Crippen LogP contribution < -0.4 is 11.5 Å². The van der Waals surface area contributed by atoms with E-state index in [1.807, 2.05) is 11.8 Å². The lowest BCUT2D eigenvalue weighted by Gasteiger charge is -2.17. The minimum Gasteiger partial charge on any atom is -0.383 e.